The number of primary amides is 2. The van der Waals surface area contributed by atoms with Crippen LogP contribution in [0.15, 0.2) is 99.7 Å². The van der Waals surface area contributed by atoms with Gasteiger partial charge in [-0.2, -0.15) is 4.99 Å². The van der Waals surface area contributed by atoms with E-state index < -0.39 is 45.0 Å². The van der Waals surface area contributed by atoms with Gasteiger partial charge in [-0.25, -0.2) is 16.8 Å². The number of carbonyl (C=O) groups is 2. The maximum absolute atomic E-state index is 13.8. The molecule has 0 atom stereocenters. The minimum Gasteiger partial charge on any atom is -0.497 e. The first-order chi connectivity index (χ1) is 20.4. The number of methoxy groups -OCH3 is 1. The van der Waals surface area contributed by atoms with Crippen molar-refractivity contribution in [1.29, 1.82) is 0 Å². The van der Waals surface area contributed by atoms with Crippen molar-refractivity contribution < 1.29 is 31.2 Å². The predicted molar refractivity (Wildman–Crippen MR) is 166 cm³/mol. The van der Waals surface area contributed by atoms with Crippen molar-refractivity contribution in [3.8, 4) is 5.75 Å². The summed E-state index contributed by atoms with van der Waals surface area (Å²) in [5.41, 5.74) is 11.4. The SMILES string of the molecule is COc1ccc(S(=O)(=O)N(CC(N)=O)c2ccc(N(CC(N)=O)S(=O)(=O)c3ccc(N=C=S)cc3)c3ccccc23)cc1. The fraction of sp³-hybridized carbons (Fsp3) is 0.107. The summed E-state index contributed by atoms with van der Waals surface area (Å²) in [6.45, 7) is -1.43. The number of hydrogen-bond donors (Lipinski definition) is 2. The second kappa shape index (κ2) is 12.6. The molecule has 0 spiro atoms. The molecule has 0 bridgehead atoms. The molecule has 0 fully saturated rings. The number of ether oxygens (including phenoxy) is 1. The number of anilines is 2. The molecule has 0 aliphatic heterocycles. The lowest BCUT2D eigenvalue weighted by Gasteiger charge is -2.28. The summed E-state index contributed by atoms with van der Waals surface area (Å²) in [5.74, 6) is -1.44. The summed E-state index contributed by atoms with van der Waals surface area (Å²) in [5, 5.41) is 2.71. The van der Waals surface area contributed by atoms with Crippen molar-refractivity contribution in [3.05, 3.63) is 84.9 Å². The molecular formula is C28H25N5O7S3. The number of benzene rings is 4. The monoisotopic (exact) mass is 639 g/mol. The van der Waals surface area contributed by atoms with Gasteiger partial charge in [0.2, 0.25) is 11.8 Å². The van der Waals surface area contributed by atoms with Crippen molar-refractivity contribution in [3.63, 3.8) is 0 Å². The van der Waals surface area contributed by atoms with E-state index in [1.807, 2.05) is 0 Å². The third-order valence-corrected chi connectivity index (χ3v) is 9.90. The molecule has 2 amide bonds. The standard InChI is InChI=1S/C28H25N5O7S3/c1-40-20-8-12-22(13-9-20)43(38,39)33(17-28(30)35)26-15-14-25(23-4-2-3-5-24(23)26)32(16-27(29)34)42(36,37)21-10-6-19(7-11-21)31-18-41/h2-15H,16-17H2,1H3,(H2,29,34)(H2,30,35). The van der Waals surface area contributed by atoms with Gasteiger partial charge in [0.1, 0.15) is 18.8 Å². The van der Waals surface area contributed by atoms with Crippen molar-refractivity contribution in [2.75, 3.05) is 28.8 Å². The van der Waals surface area contributed by atoms with Crippen LogP contribution in [0.5, 0.6) is 5.75 Å². The maximum Gasteiger partial charge on any atom is 0.264 e. The van der Waals surface area contributed by atoms with Crippen LogP contribution in [0.3, 0.4) is 0 Å². The Morgan fingerprint density at radius 3 is 1.53 bits per heavy atom. The van der Waals surface area contributed by atoms with Crippen LogP contribution in [0.4, 0.5) is 17.1 Å². The van der Waals surface area contributed by atoms with Gasteiger partial charge in [-0.15, -0.1) is 0 Å². The van der Waals surface area contributed by atoms with Crippen LogP contribution in [0.2, 0.25) is 0 Å². The fourth-order valence-corrected chi connectivity index (χ4v) is 7.34. The minimum atomic E-state index is -4.38. The Kier molecular flexibility index (Phi) is 9.11. The van der Waals surface area contributed by atoms with Gasteiger partial charge >= 0.3 is 0 Å². The predicted octanol–water partition coefficient (Wildman–Crippen LogP) is 2.94. The number of aliphatic imine (C=N–C) groups is 1. The summed E-state index contributed by atoms with van der Waals surface area (Å²) >= 11 is 4.58. The Labute approximate surface area is 253 Å². The zero-order valence-corrected chi connectivity index (χ0v) is 25.0. The molecule has 0 saturated carbocycles. The van der Waals surface area contributed by atoms with Gasteiger partial charge in [0.25, 0.3) is 20.0 Å². The molecule has 0 saturated heterocycles. The maximum atomic E-state index is 13.8. The van der Waals surface area contributed by atoms with Crippen molar-refractivity contribution in [2.45, 2.75) is 9.79 Å². The summed E-state index contributed by atoms with van der Waals surface area (Å²) in [6, 6.07) is 20.0. The summed E-state index contributed by atoms with van der Waals surface area (Å²) in [7, 11) is -7.29. The first kappa shape index (κ1) is 31.1. The average Bonchev–Trinajstić information content (AvgIpc) is 2.98. The van der Waals surface area contributed by atoms with Crippen LogP contribution in [-0.4, -0.2) is 54.0 Å². The van der Waals surface area contributed by atoms with E-state index in [4.69, 9.17) is 16.2 Å². The Bertz CT molecular complexity index is 1960. The normalized spacial score (nSPS) is 11.4. The number of isothiocyanates is 1. The highest BCUT2D eigenvalue weighted by Gasteiger charge is 2.31. The fourth-order valence-electron chi connectivity index (χ4n) is 4.33. The summed E-state index contributed by atoms with van der Waals surface area (Å²) < 4.78 is 62.0. The van der Waals surface area contributed by atoms with Crippen LogP contribution >= 0.6 is 12.2 Å². The topological polar surface area (TPSA) is 183 Å². The van der Waals surface area contributed by atoms with Crippen molar-refractivity contribution in [2.24, 2.45) is 16.5 Å². The lowest BCUT2D eigenvalue weighted by Crippen LogP contribution is -2.39. The van der Waals surface area contributed by atoms with E-state index in [0.29, 0.717) is 11.4 Å². The number of carbonyl (C=O) groups excluding carboxylic acids is 2. The number of rotatable bonds is 12. The molecule has 15 heteroatoms. The van der Waals surface area contributed by atoms with E-state index in [9.17, 15) is 26.4 Å². The lowest BCUT2D eigenvalue weighted by molar-refractivity contribution is -0.117. The molecule has 0 heterocycles. The number of fused-ring (bicyclic) bond motifs is 1. The highest BCUT2D eigenvalue weighted by Crippen LogP contribution is 2.38. The van der Waals surface area contributed by atoms with Crippen LogP contribution in [0, 0.1) is 0 Å². The van der Waals surface area contributed by atoms with Crippen LogP contribution in [0.25, 0.3) is 10.8 Å². The van der Waals surface area contributed by atoms with E-state index in [1.54, 1.807) is 24.3 Å². The summed E-state index contributed by atoms with van der Waals surface area (Å²) in [6.07, 6.45) is 0. The molecule has 222 valence electrons. The largest absolute Gasteiger partial charge is 0.497 e. The first-order valence-corrected chi connectivity index (χ1v) is 15.6. The molecule has 4 aromatic rings. The number of thiocarbonyl (C=S) groups is 1. The molecule has 4 N–H and O–H groups in total. The molecule has 43 heavy (non-hydrogen) atoms. The molecule has 12 nitrogen and oxygen atoms in total. The number of sulfonamides is 2. The molecular weight excluding hydrogens is 615 g/mol. The van der Waals surface area contributed by atoms with E-state index in [2.05, 4.69) is 22.4 Å². The summed E-state index contributed by atoms with van der Waals surface area (Å²) in [4.78, 5) is 27.7. The second-order valence-electron chi connectivity index (χ2n) is 8.98. The van der Waals surface area contributed by atoms with Gasteiger partial charge in [0.05, 0.1) is 39.1 Å². The molecule has 0 radical (unpaired) electrons. The van der Waals surface area contributed by atoms with E-state index >= 15 is 0 Å². The average molecular weight is 640 g/mol. The van der Waals surface area contributed by atoms with E-state index in [0.717, 1.165) is 8.61 Å². The molecule has 0 unspecified atom stereocenters. The van der Waals surface area contributed by atoms with Crippen molar-refractivity contribution >= 4 is 77.1 Å². The quantitative estimate of drug-likeness (QED) is 0.175. The van der Waals surface area contributed by atoms with Crippen LogP contribution < -0.4 is 24.8 Å². The highest BCUT2D eigenvalue weighted by molar-refractivity contribution is 7.93. The molecule has 4 rings (SSSR count). The van der Waals surface area contributed by atoms with Crippen LogP contribution in [0.1, 0.15) is 0 Å². The third-order valence-electron chi connectivity index (χ3n) is 6.26. The van der Waals surface area contributed by atoms with Crippen molar-refractivity contribution in [1.82, 2.24) is 0 Å². The van der Waals surface area contributed by atoms with Gasteiger partial charge in [-0.05, 0) is 72.9 Å². The first-order valence-electron chi connectivity index (χ1n) is 12.4. The number of nitrogens with zero attached hydrogens (tertiary/aromatic N) is 3. The van der Waals surface area contributed by atoms with Gasteiger partial charge in [0, 0.05) is 10.8 Å². The molecule has 4 aromatic carbocycles. The lowest BCUT2D eigenvalue weighted by atomic mass is 10.1. The molecule has 0 aliphatic carbocycles. The molecule has 0 aromatic heterocycles. The Balaban J connectivity index is 1.92. The zero-order chi connectivity index (χ0) is 31.4. The Morgan fingerprint density at radius 2 is 1.16 bits per heavy atom. The van der Waals surface area contributed by atoms with Gasteiger partial charge in [0.15, 0.2) is 0 Å². The Hall–Kier alpha value is -4.82. The minimum absolute atomic E-state index is 0.0417. The second-order valence-corrected chi connectivity index (χ2v) is 12.9. The number of amides is 2. The number of hydrogen-bond acceptors (Lipinski definition) is 9. The highest BCUT2D eigenvalue weighted by atomic mass is 32.2. The number of nitrogens with two attached hydrogens (primary N) is 2. The smallest absolute Gasteiger partial charge is 0.264 e. The zero-order valence-electron chi connectivity index (χ0n) is 22.6. The van der Waals surface area contributed by atoms with Gasteiger partial charge in [-0.1, -0.05) is 24.3 Å². The van der Waals surface area contributed by atoms with E-state index in [1.165, 1.54) is 67.8 Å². The van der Waals surface area contributed by atoms with E-state index in [-0.39, 0.29) is 31.9 Å². The molecule has 0 aliphatic rings. The Morgan fingerprint density at radius 1 is 0.744 bits per heavy atom. The van der Waals surface area contributed by atoms with Gasteiger partial charge < -0.3 is 16.2 Å². The van der Waals surface area contributed by atoms with Crippen LogP contribution in [-0.2, 0) is 29.6 Å². The third kappa shape index (κ3) is 6.49. The van der Waals surface area contributed by atoms with Gasteiger partial charge in [-0.3, -0.25) is 18.2 Å².